The van der Waals surface area contributed by atoms with E-state index in [1.807, 2.05) is 32.9 Å². The summed E-state index contributed by atoms with van der Waals surface area (Å²) in [5, 5.41) is 7.78. The maximum atomic E-state index is 12.3. The summed E-state index contributed by atoms with van der Waals surface area (Å²) in [6.07, 6.45) is 0. The number of imide groups is 1. The van der Waals surface area contributed by atoms with Crippen molar-refractivity contribution in [3.63, 3.8) is 0 Å². The topological polar surface area (TPSA) is 101 Å². The second-order valence-corrected chi connectivity index (χ2v) is 7.06. The molecule has 0 saturated heterocycles. The molecular formula is C22H29N4O4+. The van der Waals surface area contributed by atoms with E-state index in [0.717, 1.165) is 16.0 Å². The fraction of sp³-hybridized carbons (Fsp3) is 0.318. The Balaban J connectivity index is 1.84. The van der Waals surface area contributed by atoms with Crippen molar-refractivity contribution in [1.82, 2.24) is 5.32 Å². The molecule has 0 saturated carbocycles. The highest BCUT2D eigenvalue weighted by Gasteiger charge is 2.18. The van der Waals surface area contributed by atoms with E-state index in [9.17, 15) is 14.4 Å². The Bertz CT molecular complexity index is 914. The minimum atomic E-state index is -0.594. The van der Waals surface area contributed by atoms with E-state index in [-0.39, 0.29) is 19.0 Å². The van der Waals surface area contributed by atoms with Crippen LogP contribution in [-0.2, 0) is 9.59 Å². The first kappa shape index (κ1) is 22.9. The van der Waals surface area contributed by atoms with Gasteiger partial charge in [0.15, 0.2) is 13.1 Å². The van der Waals surface area contributed by atoms with Crippen LogP contribution in [0.2, 0.25) is 0 Å². The van der Waals surface area contributed by atoms with Crippen LogP contribution in [0.5, 0.6) is 5.75 Å². The van der Waals surface area contributed by atoms with Gasteiger partial charge in [-0.2, -0.15) is 0 Å². The van der Waals surface area contributed by atoms with Crippen LogP contribution < -0.4 is 25.6 Å². The number of carbonyl (C=O) groups excluding carboxylic acids is 3. The van der Waals surface area contributed by atoms with Crippen LogP contribution in [0.25, 0.3) is 0 Å². The van der Waals surface area contributed by atoms with Crippen molar-refractivity contribution >= 4 is 29.2 Å². The van der Waals surface area contributed by atoms with Crippen molar-refractivity contribution in [2.45, 2.75) is 20.8 Å². The molecule has 1 unspecified atom stereocenters. The van der Waals surface area contributed by atoms with E-state index in [4.69, 9.17) is 4.74 Å². The predicted molar refractivity (Wildman–Crippen MR) is 116 cm³/mol. The minimum absolute atomic E-state index is 0.00231. The summed E-state index contributed by atoms with van der Waals surface area (Å²) in [6, 6.07) is 12.1. The summed E-state index contributed by atoms with van der Waals surface area (Å²) in [5.41, 5.74) is 3.26. The zero-order valence-electron chi connectivity index (χ0n) is 17.8. The maximum absolute atomic E-state index is 12.3. The second-order valence-electron chi connectivity index (χ2n) is 7.06. The lowest BCUT2D eigenvalue weighted by molar-refractivity contribution is -0.881. The lowest BCUT2D eigenvalue weighted by Gasteiger charge is -2.17. The molecule has 0 aliphatic carbocycles. The maximum Gasteiger partial charge on any atom is 0.326 e. The van der Waals surface area contributed by atoms with Gasteiger partial charge in [-0.05, 0) is 44.5 Å². The lowest BCUT2D eigenvalue weighted by Crippen LogP contribution is -3.14. The van der Waals surface area contributed by atoms with Crippen molar-refractivity contribution in [3.05, 3.63) is 53.6 Å². The number of hydrogen-bond acceptors (Lipinski definition) is 4. The number of methoxy groups -OCH3 is 1. The smallest absolute Gasteiger partial charge is 0.326 e. The Hall–Kier alpha value is -3.39. The van der Waals surface area contributed by atoms with Crippen LogP contribution >= 0.6 is 0 Å². The molecule has 0 aliphatic heterocycles. The van der Waals surface area contributed by atoms with E-state index < -0.39 is 11.9 Å². The lowest BCUT2D eigenvalue weighted by atomic mass is 10.1. The molecule has 160 valence electrons. The van der Waals surface area contributed by atoms with Gasteiger partial charge in [0.2, 0.25) is 0 Å². The van der Waals surface area contributed by atoms with Gasteiger partial charge in [0.25, 0.3) is 11.8 Å². The summed E-state index contributed by atoms with van der Waals surface area (Å²) in [4.78, 5) is 37.4. The largest absolute Gasteiger partial charge is 0.497 e. The first-order valence-electron chi connectivity index (χ1n) is 9.76. The van der Waals surface area contributed by atoms with Crippen molar-refractivity contribution in [3.8, 4) is 5.75 Å². The van der Waals surface area contributed by atoms with Gasteiger partial charge in [-0.1, -0.05) is 23.8 Å². The molecule has 0 spiro atoms. The third-order valence-electron chi connectivity index (χ3n) is 4.56. The molecule has 4 amide bonds. The van der Waals surface area contributed by atoms with E-state index in [1.54, 1.807) is 37.4 Å². The van der Waals surface area contributed by atoms with E-state index in [1.165, 1.54) is 0 Å². The molecule has 30 heavy (non-hydrogen) atoms. The fourth-order valence-electron chi connectivity index (χ4n) is 2.95. The Morgan fingerprint density at radius 3 is 2.37 bits per heavy atom. The van der Waals surface area contributed by atoms with Gasteiger partial charge in [0.1, 0.15) is 5.75 Å². The predicted octanol–water partition coefficient (Wildman–Crippen LogP) is 1.50. The standard InChI is InChI=1S/C22H28N4O4/c1-5-26(13-20(27)23-17-7-6-8-18(12-17)30-4)14-21(28)25-22(29)24-19-10-9-15(2)11-16(19)3/h6-12H,5,13-14H2,1-4H3,(H,23,27)(H2,24,25,28,29)/p+1. The molecule has 2 rings (SSSR count). The Morgan fingerprint density at radius 1 is 0.967 bits per heavy atom. The normalized spacial score (nSPS) is 11.3. The summed E-state index contributed by atoms with van der Waals surface area (Å²) in [6.45, 7) is 6.37. The highest BCUT2D eigenvalue weighted by atomic mass is 16.5. The summed E-state index contributed by atoms with van der Waals surface area (Å²) in [5.74, 6) is -0.0439. The number of quaternary nitrogens is 1. The van der Waals surface area contributed by atoms with Gasteiger partial charge in [-0.15, -0.1) is 0 Å². The molecule has 0 radical (unpaired) electrons. The second kappa shape index (κ2) is 11.0. The number of hydrogen-bond donors (Lipinski definition) is 4. The number of carbonyl (C=O) groups is 3. The number of likely N-dealkylation sites (N-methyl/N-ethyl adjacent to an activating group) is 1. The highest BCUT2D eigenvalue weighted by Crippen LogP contribution is 2.16. The molecule has 0 bridgehead atoms. The van der Waals surface area contributed by atoms with Crippen LogP contribution in [0, 0.1) is 13.8 Å². The minimum Gasteiger partial charge on any atom is -0.497 e. The van der Waals surface area contributed by atoms with Gasteiger partial charge >= 0.3 is 6.03 Å². The Labute approximate surface area is 176 Å². The van der Waals surface area contributed by atoms with Crippen molar-refractivity contribution < 1.29 is 24.0 Å². The van der Waals surface area contributed by atoms with Gasteiger partial charge < -0.3 is 20.3 Å². The molecule has 8 nitrogen and oxygen atoms in total. The number of rotatable bonds is 8. The summed E-state index contributed by atoms with van der Waals surface area (Å²) >= 11 is 0. The van der Waals surface area contributed by atoms with Gasteiger partial charge in [-0.3, -0.25) is 14.9 Å². The van der Waals surface area contributed by atoms with Crippen LogP contribution in [-0.4, -0.2) is 44.6 Å². The van der Waals surface area contributed by atoms with Crippen LogP contribution in [0.4, 0.5) is 16.2 Å². The molecule has 2 aromatic carbocycles. The number of benzene rings is 2. The molecule has 0 fully saturated rings. The van der Waals surface area contributed by atoms with Gasteiger partial charge in [0.05, 0.1) is 13.7 Å². The average molecular weight is 413 g/mol. The molecule has 1 atom stereocenters. The Morgan fingerprint density at radius 2 is 1.70 bits per heavy atom. The van der Waals surface area contributed by atoms with Crippen LogP contribution in [0.1, 0.15) is 18.1 Å². The van der Waals surface area contributed by atoms with Crippen molar-refractivity contribution in [2.75, 3.05) is 37.4 Å². The monoisotopic (exact) mass is 413 g/mol. The number of nitrogens with one attached hydrogen (secondary N) is 4. The number of anilines is 2. The zero-order chi connectivity index (χ0) is 22.1. The molecule has 0 aromatic heterocycles. The molecule has 0 aliphatic rings. The number of amides is 4. The third kappa shape index (κ3) is 7.21. The van der Waals surface area contributed by atoms with E-state index in [0.29, 0.717) is 23.7 Å². The van der Waals surface area contributed by atoms with Crippen LogP contribution in [0.3, 0.4) is 0 Å². The van der Waals surface area contributed by atoms with Gasteiger partial charge in [-0.25, -0.2) is 4.79 Å². The van der Waals surface area contributed by atoms with Crippen molar-refractivity contribution in [2.24, 2.45) is 0 Å². The molecule has 0 heterocycles. The summed E-state index contributed by atoms with van der Waals surface area (Å²) < 4.78 is 5.14. The Kier molecular flexibility index (Phi) is 8.37. The van der Waals surface area contributed by atoms with Gasteiger partial charge in [0, 0.05) is 17.4 Å². The first-order valence-corrected chi connectivity index (χ1v) is 9.76. The average Bonchev–Trinajstić information content (AvgIpc) is 2.69. The number of urea groups is 1. The quantitative estimate of drug-likeness (QED) is 0.527. The highest BCUT2D eigenvalue weighted by molar-refractivity contribution is 6.01. The first-order chi connectivity index (χ1) is 14.3. The molecule has 4 N–H and O–H groups in total. The third-order valence-corrected chi connectivity index (χ3v) is 4.56. The van der Waals surface area contributed by atoms with E-state index >= 15 is 0 Å². The van der Waals surface area contributed by atoms with E-state index in [2.05, 4.69) is 16.0 Å². The molecule has 2 aromatic rings. The summed E-state index contributed by atoms with van der Waals surface area (Å²) in [7, 11) is 1.55. The molecule has 8 heteroatoms. The fourth-order valence-corrected chi connectivity index (χ4v) is 2.95. The number of aryl methyl sites for hydroxylation is 2. The van der Waals surface area contributed by atoms with Crippen molar-refractivity contribution in [1.29, 1.82) is 0 Å². The number of ether oxygens (including phenoxy) is 1. The molecular weight excluding hydrogens is 384 g/mol. The van der Waals surface area contributed by atoms with Crippen LogP contribution in [0.15, 0.2) is 42.5 Å². The SMILES string of the molecule is CC[NH+](CC(=O)NC(=O)Nc1ccc(C)cc1C)CC(=O)Nc1cccc(OC)c1. The zero-order valence-corrected chi connectivity index (χ0v) is 17.8.